The van der Waals surface area contributed by atoms with Crippen LogP contribution in [0.3, 0.4) is 0 Å². The smallest absolute Gasteiger partial charge is 0.252 e. The highest BCUT2D eigenvalue weighted by atomic mass is 19.1. The van der Waals surface area contributed by atoms with Crippen LogP contribution in [0, 0.1) is 12.7 Å². The van der Waals surface area contributed by atoms with Gasteiger partial charge < -0.3 is 9.64 Å². The zero-order valence-corrected chi connectivity index (χ0v) is 16.4. The number of aromatic amines is 1. The van der Waals surface area contributed by atoms with Crippen molar-refractivity contribution in [3.63, 3.8) is 0 Å². The third-order valence-corrected chi connectivity index (χ3v) is 5.60. The lowest BCUT2D eigenvalue weighted by atomic mass is 10.0. The quantitative estimate of drug-likeness (QED) is 0.709. The van der Waals surface area contributed by atoms with Crippen LogP contribution in [0.25, 0.3) is 11.4 Å². The number of carbonyl (C=O) groups is 1. The maximum atomic E-state index is 15.2. The van der Waals surface area contributed by atoms with Gasteiger partial charge in [0.15, 0.2) is 17.5 Å². The van der Waals surface area contributed by atoms with Gasteiger partial charge in [0.1, 0.15) is 12.1 Å². The molecule has 2 aromatic heterocycles. The molecule has 0 radical (unpaired) electrons. The summed E-state index contributed by atoms with van der Waals surface area (Å²) in [5.41, 5.74) is 1.06. The first-order chi connectivity index (χ1) is 14.6. The minimum atomic E-state index is -0.464. The molecule has 0 saturated carbocycles. The standard InChI is InChI=1S/C20H20FN7O2/c1-12-15(3-2-14(17(12)21)18-24-11-25-26-18)28-16(29)10-27(13-4-8-30-9-5-13)19-20(28)23-7-6-22-19/h2-3,6-7,11,13H,4-5,8-10H2,1H3,(H,24,25,26). The van der Waals surface area contributed by atoms with Crippen molar-refractivity contribution >= 4 is 23.2 Å². The first kappa shape index (κ1) is 18.6. The van der Waals surface area contributed by atoms with E-state index in [1.165, 1.54) is 11.2 Å². The van der Waals surface area contributed by atoms with Crippen LogP contribution in [0.4, 0.5) is 21.7 Å². The van der Waals surface area contributed by atoms with Crippen LogP contribution in [0.2, 0.25) is 0 Å². The Labute approximate surface area is 171 Å². The Morgan fingerprint density at radius 2 is 1.90 bits per heavy atom. The summed E-state index contributed by atoms with van der Waals surface area (Å²) in [5.74, 6) is 0.732. The summed E-state index contributed by atoms with van der Waals surface area (Å²) in [6.45, 7) is 3.10. The van der Waals surface area contributed by atoms with Gasteiger partial charge in [-0.2, -0.15) is 5.10 Å². The van der Waals surface area contributed by atoms with Crippen molar-refractivity contribution in [2.24, 2.45) is 0 Å². The number of ether oxygens (including phenoxy) is 1. The average Bonchev–Trinajstić information content (AvgIpc) is 3.31. The van der Waals surface area contributed by atoms with Crippen LogP contribution in [0.15, 0.2) is 30.9 Å². The van der Waals surface area contributed by atoms with Crippen LogP contribution in [0.5, 0.6) is 0 Å². The number of nitrogens with zero attached hydrogens (tertiary/aromatic N) is 6. The highest BCUT2D eigenvalue weighted by molar-refractivity contribution is 6.07. The minimum absolute atomic E-state index is 0.154. The second-order valence-electron chi connectivity index (χ2n) is 7.31. The molecular weight excluding hydrogens is 389 g/mol. The Kier molecular flexibility index (Phi) is 4.62. The Morgan fingerprint density at radius 3 is 2.63 bits per heavy atom. The number of amides is 1. The predicted octanol–water partition coefficient (Wildman–Crippen LogP) is 2.37. The fourth-order valence-electron chi connectivity index (χ4n) is 4.08. The highest BCUT2D eigenvalue weighted by Crippen LogP contribution is 2.40. The molecule has 4 heterocycles. The summed E-state index contributed by atoms with van der Waals surface area (Å²) in [4.78, 5) is 29.6. The van der Waals surface area contributed by atoms with Crippen LogP contribution < -0.4 is 9.80 Å². The number of nitrogens with one attached hydrogen (secondary N) is 1. The molecule has 0 aliphatic carbocycles. The van der Waals surface area contributed by atoms with Crippen molar-refractivity contribution in [1.29, 1.82) is 0 Å². The first-order valence-corrected chi connectivity index (χ1v) is 9.78. The van der Waals surface area contributed by atoms with Crippen molar-refractivity contribution in [3.8, 4) is 11.4 Å². The number of fused-ring (bicyclic) bond motifs is 1. The topological polar surface area (TPSA) is 100 Å². The van der Waals surface area contributed by atoms with E-state index in [1.807, 2.05) is 4.90 Å². The summed E-state index contributed by atoms with van der Waals surface area (Å²) in [7, 11) is 0. The van der Waals surface area contributed by atoms with Crippen LogP contribution in [-0.2, 0) is 9.53 Å². The molecule has 2 aliphatic rings. The Morgan fingerprint density at radius 1 is 1.13 bits per heavy atom. The molecule has 1 amide bonds. The Balaban J connectivity index is 1.57. The largest absolute Gasteiger partial charge is 0.381 e. The number of H-pyrrole nitrogens is 1. The summed E-state index contributed by atoms with van der Waals surface area (Å²) >= 11 is 0. The van der Waals surface area contributed by atoms with Crippen molar-refractivity contribution in [2.75, 3.05) is 29.6 Å². The molecule has 1 aromatic carbocycles. The van der Waals surface area contributed by atoms with Crippen molar-refractivity contribution in [2.45, 2.75) is 25.8 Å². The normalized spacial score (nSPS) is 17.3. The number of aromatic nitrogens is 5. The molecule has 0 atom stereocenters. The second-order valence-corrected chi connectivity index (χ2v) is 7.31. The molecule has 10 heteroatoms. The molecule has 30 heavy (non-hydrogen) atoms. The summed E-state index contributed by atoms with van der Waals surface area (Å²) < 4.78 is 20.6. The third-order valence-electron chi connectivity index (χ3n) is 5.60. The van der Waals surface area contributed by atoms with E-state index in [4.69, 9.17) is 4.74 Å². The van der Waals surface area contributed by atoms with Gasteiger partial charge >= 0.3 is 0 Å². The summed E-state index contributed by atoms with van der Waals surface area (Å²) in [6.07, 6.45) is 6.12. The van der Waals surface area contributed by atoms with Crippen molar-refractivity contribution in [1.82, 2.24) is 25.1 Å². The van der Waals surface area contributed by atoms with Crippen molar-refractivity contribution < 1.29 is 13.9 Å². The fourth-order valence-corrected chi connectivity index (χ4v) is 4.08. The molecule has 154 valence electrons. The van der Waals surface area contributed by atoms with Gasteiger partial charge in [0.25, 0.3) is 5.91 Å². The van der Waals surface area contributed by atoms with E-state index in [9.17, 15) is 4.79 Å². The van der Waals surface area contributed by atoms with Crippen LogP contribution in [0.1, 0.15) is 18.4 Å². The maximum Gasteiger partial charge on any atom is 0.252 e. The van der Waals surface area contributed by atoms with E-state index in [0.29, 0.717) is 47.5 Å². The molecule has 1 saturated heterocycles. The lowest BCUT2D eigenvalue weighted by molar-refractivity contribution is -0.117. The van der Waals surface area contributed by atoms with Crippen molar-refractivity contribution in [3.05, 3.63) is 42.2 Å². The van der Waals surface area contributed by atoms with E-state index >= 15 is 4.39 Å². The van der Waals surface area contributed by atoms with Crippen LogP contribution >= 0.6 is 0 Å². The number of hydrogen-bond donors (Lipinski definition) is 1. The van der Waals surface area contributed by atoms with Gasteiger partial charge in [-0.15, -0.1) is 0 Å². The van der Waals surface area contributed by atoms with E-state index < -0.39 is 5.82 Å². The maximum absolute atomic E-state index is 15.2. The van der Waals surface area contributed by atoms with E-state index in [2.05, 4.69) is 25.1 Å². The number of halogens is 1. The molecule has 9 nitrogen and oxygen atoms in total. The summed E-state index contributed by atoms with van der Waals surface area (Å²) in [6, 6.07) is 3.45. The molecule has 3 aromatic rings. The Hall–Kier alpha value is -3.40. The lowest BCUT2D eigenvalue weighted by Gasteiger charge is -2.41. The fraction of sp³-hybridized carbons (Fsp3) is 0.350. The zero-order chi connectivity index (χ0) is 20.7. The Bertz CT molecular complexity index is 1080. The third kappa shape index (κ3) is 3.00. The zero-order valence-electron chi connectivity index (χ0n) is 16.4. The highest BCUT2D eigenvalue weighted by Gasteiger charge is 2.37. The summed E-state index contributed by atoms with van der Waals surface area (Å²) in [5, 5.41) is 6.44. The van der Waals surface area contributed by atoms with Gasteiger partial charge in [-0.05, 0) is 31.9 Å². The first-order valence-electron chi connectivity index (χ1n) is 9.78. The number of anilines is 3. The van der Waals surface area contributed by atoms with E-state index in [0.717, 1.165) is 12.8 Å². The van der Waals surface area contributed by atoms with Gasteiger partial charge in [-0.3, -0.25) is 14.8 Å². The predicted molar refractivity (Wildman–Crippen MR) is 107 cm³/mol. The monoisotopic (exact) mass is 409 g/mol. The molecule has 0 spiro atoms. The second kappa shape index (κ2) is 7.45. The van der Waals surface area contributed by atoms with E-state index in [1.54, 1.807) is 31.5 Å². The van der Waals surface area contributed by atoms with Gasteiger partial charge in [-0.25, -0.2) is 19.3 Å². The number of rotatable bonds is 3. The number of benzene rings is 1. The molecule has 0 bridgehead atoms. The van der Waals surface area contributed by atoms with E-state index in [-0.39, 0.29) is 18.5 Å². The lowest BCUT2D eigenvalue weighted by Crippen LogP contribution is -2.50. The van der Waals surface area contributed by atoms with Gasteiger partial charge in [0.05, 0.1) is 17.8 Å². The van der Waals surface area contributed by atoms with Crippen LogP contribution in [-0.4, -0.2) is 56.9 Å². The molecule has 2 aliphatic heterocycles. The van der Waals surface area contributed by atoms with Gasteiger partial charge in [0.2, 0.25) is 0 Å². The number of hydrogen-bond acceptors (Lipinski definition) is 7. The average molecular weight is 409 g/mol. The SMILES string of the molecule is Cc1c(N2C(=O)CN(C3CCOCC3)c3nccnc32)ccc(-c2ncn[nH]2)c1F. The number of carbonyl (C=O) groups excluding carboxylic acids is 1. The molecule has 5 rings (SSSR count). The molecule has 1 N–H and O–H groups in total. The molecule has 0 unspecified atom stereocenters. The minimum Gasteiger partial charge on any atom is -0.381 e. The van der Waals surface area contributed by atoms with Gasteiger partial charge in [0, 0.05) is 37.2 Å². The molecular formula is C20H20FN7O2. The molecule has 1 fully saturated rings. The van der Waals surface area contributed by atoms with Gasteiger partial charge in [-0.1, -0.05) is 0 Å².